The molecule has 298 valence electrons. The zero-order chi connectivity index (χ0) is 39.2. The SMILES string of the molecule is COc1ccc2nc(C)c(O[C@@H]3C[C@H]4C(=O)N[C@]5(C(=O)NS(=O)(=O)C6(C)CC6)C[C@H]5/C=C\CCCCC[C@H](CC(=O)OC5(C)CCCC5)C(=O)N4C3)nc2c1. The Morgan fingerprint density at radius 2 is 1.78 bits per heavy atom. The van der Waals surface area contributed by atoms with Gasteiger partial charge in [0.25, 0.3) is 5.91 Å². The molecule has 1 aromatic heterocycles. The van der Waals surface area contributed by atoms with Crippen LogP contribution in [0.2, 0.25) is 0 Å². The number of amides is 3. The summed E-state index contributed by atoms with van der Waals surface area (Å²) in [4.78, 5) is 67.2. The minimum absolute atomic E-state index is 0.0205. The maximum atomic E-state index is 14.7. The molecule has 2 N–H and O–H groups in total. The van der Waals surface area contributed by atoms with E-state index < -0.39 is 67.7 Å². The highest BCUT2D eigenvalue weighted by atomic mass is 32.2. The number of sulfonamides is 1. The number of ether oxygens (including phenoxy) is 3. The Balaban J connectivity index is 1.18. The van der Waals surface area contributed by atoms with Gasteiger partial charge in [0.2, 0.25) is 27.7 Å². The molecule has 3 heterocycles. The van der Waals surface area contributed by atoms with E-state index in [9.17, 15) is 27.6 Å². The number of benzene rings is 1. The number of nitrogens with zero attached hydrogens (tertiary/aromatic N) is 3. The van der Waals surface area contributed by atoms with Crippen LogP contribution >= 0.6 is 0 Å². The largest absolute Gasteiger partial charge is 0.497 e. The van der Waals surface area contributed by atoms with Gasteiger partial charge in [0, 0.05) is 24.3 Å². The van der Waals surface area contributed by atoms with Crippen molar-refractivity contribution >= 4 is 44.7 Å². The molecule has 0 unspecified atom stereocenters. The van der Waals surface area contributed by atoms with Crippen LogP contribution in [0.3, 0.4) is 0 Å². The van der Waals surface area contributed by atoms with Gasteiger partial charge in [-0.15, -0.1) is 0 Å². The van der Waals surface area contributed by atoms with Crippen molar-refractivity contribution < 1.29 is 41.8 Å². The monoisotopic (exact) mass is 779 g/mol. The Bertz CT molecular complexity index is 1990. The summed E-state index contributed by atoms with van der Waals surface area (Å²) >= 11 is 0. The predicted molar refractivity (Wildman–Crippen MR) is 202 cm³/mol. The molecule has 1 saturated heterocycles. The van der Waals surface area contributed by atoms with Gasteiger partial charge in [0.05, 0.1) is 35.9 Å². The lowest BCUT2D eigenvalue weighted by Gasteiger charge is -2.30. The number of aromatic nitrogens is 2. The number of carbonyl (C=O) groups is 4. The van der Waals surface area contributed by atoms with E-state index in [1.807, 2.05) is 19.1 Å². The molecular weight excluding hydrogens is 727 g/mol. The number of nitrogens with one attached hydrogen (secondary N) is 2. The Labute approximate surface area is 322 Å². The van der Waals surface area contributed by atoms with Gasteiger partial charge in [0.15, 0.2) is 0 Å². The molecule has 5 atom stereocenters. The first kappa shape index (κ1) is 39.0. The Hall–Kier alpha value is -4.27. The second kappa shape index (κ2) is 15.0. The minimum Gasteiger partial charge on any atom is -0.497 e. The second-order valence-corrected chi connectivity index (χ2v) is 18.9. The average molecular weight is 780 g/mol. The second-order valence-electron chi connectivity index (χ2n) is 16.7. The van der Waals surface area contributed by atoms with Crippen molar-refractivity contribution in [1.82, 2.24) is 24.9 Å². The molecule has 7 rings (SSSR count). The van der Waals surface area contributed by atoms with Gasteiger partial charge in [-0.3, -0.25) is 23.9 Å². The average Bonchev–Trinajstić information content (AvgIpc) is 3.94. The standard InChI is InChI=1S/C40H53N5O9S/c1-25-35(42-31-21-28(52-4)14-15-30(31)41-25)53-29-22-32-34(47)43-40(37(49)44-55(50,51)39(3)18-19-39)23-27(40)13-9-7-5-6-8-12-26(36(48)45(32)24-29)20-33(46)54-38(2)16-10-11-17-38/h9,13-15,21,26-27,29,32H,5-8,10-12,16-20,22-24H2,1-4H3,(H,43,47)(H,44,49)/b13-9-/t26-,27-,29-,32+,40-/m1/s1. The summed E-state index contributed by atoms with van der Waals surface area (Å²) in [6.45, 7) is 5.32. The van der Waals surface area contributed by atoms with E-state index >= 15 is 0 Å². The van der Waals surface area contributed by atoms with Crippen molar-refractivity contribution in [3.8, 4) is 11.6 Å². The van der Waals surface area contributed by atoms with Gasteiger partial charge < -0.3 is 24.4 Å². The molecule has 0 bridgehead atoms. The summed E-state index contributed by atoms with van der Waals surface area (Å²) in [6, 6.07) is 4.26. The summed E-state index contributed by atoms with van der Waals surface area (Å²) in [6.07, 6.45) is 11.2. The van der Waals surface area contributed by atoms with Gasteiger partial charge in [-0.1, -0.05) is 25.0 Å². The number of fused-ring (bicyclic) bond motifs is 3. The third kappa shape index (κ3) is 8.17. The maximum Gasteiger partial charge on any atom is 0.307 e. The molecule has 2 aromatic rings. The van der Waals surface area contributed by atoms with Crippen LogP contribution in [0.5, 0.6) is 11.6 Å². The fourth-order valence-corrected chi connectivity index (χ4v) is 9.64. The molecule has 3 saturated carbocycles. The number of rotatable bonds is 9. The lowest BCUT2D eigenvalue weighted by molar-refractivity contribution is -0.161. The molecule has 4 fully saturated rings. The van der Waals surface area contributed by atoms with E-state index in [2.05, 4.69) is 15.0 Å². The molecule has 3 aliphatic carbocycles. The van der Waals surface area contributed by atoms with Crippen LogP contribution in [0.25, 0.3) is 11.0 Å². The van der Waals surface area contributed by atoms with Gasteiger partial charge in [-0.05, 0) is 97.1 Å². The van der Waals surface area contributed by atoms with E-state index in [0.29, 0.717) is 48.2 Å². The van der Waals surface area contributed by atoms with E-state index in [1.54, 1.807) is 39.2 Å². The van der Waals surface area contributed by atoms with Gasteiger partial charge >= 0.3 is 5.97 Å². The number of hydrogen-bond acceptors (Lipinski definition) is 11. The van der Waals surface area contributed by atoms with Crippen molar-refractivity contribution in [3.63, 3.8) is 0 Å². The molecule has 5 aliphatic rings. The number of esters is 1. The number of hydrogen-bond donors (Lipinski definition) is 2. The highest BCUT2D eigenvalue weighted by molar-refractivity contribution is 7.91. The molecule has 3 amide bonds. The van der Waals surface area contributed by atoms with Crippen molar-refractivity contribution in [2.45, 2.75) is 139 Å². The van der Waals surface area contributed by atoms with Crippen molar-refractivity contribution in [1.29, 1.82) is 0 Å². The van der Waals surface area contributed by atoms with Crippen molar-refractivity contribution in [2.24, 2.45) is 11.8 Å². The lowest BCUT2D eigenvalue weighted by atomic mass is 9.95. The Kier molecular flexibility index (Phi) is 10.6. The molecule has 2 aliphatic heterocycles. The summed E-state index contributed by atoms with van der Waals surface area (Å²) in [5, 5.41) is 2.92. The number of carbonyl (C=O) groups excluding carboxylic acids is 4. The van der Waals surface area contributed by atoms with Crippen LogP contribution in [-0.2, 0) is 33.9 Å². The quantitative estimate of drug-likeness (QED) is 0.269. The molecule has 0 radical (unpaired) electrons. The van der Waals surface area contributed by atoms with Gasteiger partial charge in [0.1, 0.15) is 34.7 Å². The summed E-state index contributed by atoms with van der Waals surface area (Å²) in [5.74, 6) is -2.50. The maximum absolute atomic E-state index is 14.7. The highest BCUT2D eigenvalue weighted by Gasteiger charge is 2.63. The first-order valence-corrected chi connectivity index (χ1v) is 21.2. The fourth-order valence-electron chi connectivity index (χ4n) is 8.32. The van der Waals surface area contributed by atoms with Crippen LogP contribution in [0.1, 0.15) is 109 Å². The molecule has 14 nitrogen and oxygen atoms in total. The van der Waals surface area contributed by atoms with E-state index in [4.69, 9.17) is 19.2 Å². The van der Waals surface area contributed by atoms with Crippen molar-refractivity contribution in [3.05, 3.63) is 36.0 Å². The zero-order valence-corrected chi connectivity index (χ0v) is 33.0. The molecular formula is C40H53N5O9S. The van der Waals surface area contributed by atoms with Gasteiger partial charge in [-0.2, -0.15) is 0 Å². The normalized spacial score (nSPS) is 29.5. The molecule has 55 heavy (non-hydrogen) atoms. The third-order valence-corrected chi connectivity index (χ3v) is 14.5. The van der Waals surface area contributed by atoms with Crippen LogP contribution in [0, 0.1) is 18.8 Å². The summed E-state index contributed by atoms with van der Waals surface area (Å²) in [7, 11) is -2.42. The molecule has 15 heteroatoms. The third-order valence-electron chi connectivity index (χ3n) is 12.3. The smallest absolute Gasteiger partial charge is 0.307 e. The first-order valence-electron chi connectivity index (χ1n) is 19.7. The predicted octanol–water partition coefficient (Wildman–Crippen LogP) is 4.57. The number of aryl methyl sites for hydroxylation is 1. The topological polar surface area (TPSA) is 183 Å². The first-order chi connectivity index (χ1) is 26.1. The van der Waals surface area contributed by atoms with Crippen LogP contribution in [-0.4, -0.2) is 88.7 Å². The molecule has 0 spiro atoms. The van der Waals surface area contributed by atoms with E-state index in [-0.39, 0.29) is 37.6 Å². The molecule has 1 aromatic carbocycles. The van der Waals surface area contributed by atoms with Crippen LogP contribution in [0.15, 0.2) is 30.4 Å². The summed E-state index contributed by atoms with van der Waals surface area (Å²) in [5.41, 5.74) is -0.335. The number of methoxy groups -OCH3 is 1. The van der Waals surface area contributed by atoms with Crippen molar-refractivity contribution in [2.75, 3.05) is 13.7 Å². The fraction of sp³-hybridized carbons (Fsp3) is 0.650. The minimum atomic E-state index is -3.98. The van der Waals surface area contributed by atoms with E-state index in [0.717, 1.165) is 44.9 Å². The summed E-state index contributed by atoms with van der Waals surface area (Å²) < 4.78 is 45.3. The van der Waals surface area contributed by atoms with Gasteiger partial charge in [-0.25, -0.2) is 18.4 Å². The van der Waals surface area contributed by atoms with E-state index in [1.165, 1.54) is 4.90 Å². The zero-order valence-electron chi connectivity index (χ0n) is 32.2. The highest BCUT2D eigenvalue weighted by Crippen LogP contribution is 2.47. The van der Waals surface area contributed by atoms with Crippen LogP contribution in [0.4, 0.5) is 0 Å². The Morgan fingerprint density at radius 1 is 1.02 bits per heavy atom. The Morgan fingerprint density at radius 3 is 2.51 bits per heavy atom. The number of allylic oxidation sites excluding steroid dienone is 1. The van der Waals surface area contributed by atoms with Crippen LogP contribution < -0.4 is 19.5 Å². The lowest BCUT2D eigenvalue weighted by Crippen LogP contribution is -2.57.